The third-order valence-corrected chi connectivity index (χ3v) is 3.83. The molecule has 0 amide bonds. The van der Waals surface area contributed by atoms with Crippen molar-refractivity contribution in [3.05, 3.63) is 30.6 Å². The highest BCUT2D eigenvalue weighted by molar-refractivity contribution is 7.99. The molecule has 96 valence electrons. The summed E-state index contributed by atoms with van der Waals surface area (Å²) in [4.78, 5) is 4.10. The van der Waals surface area contributed by atoms with Crippen LogP contribution in [0.15, 0.2) is 30.6 Å². The standard InChI is InChI=1S/C14H19N3S/c1-2-18-9-3-7-17-13-5-4-11-10-16-8-6-12(11)14(13)15/h4-6,8,10,17H,2-3,7,9,15H2,1H3. The van der Waals surface area contributed by atoms with E-state index in [1.165, 1.54) is 11.5 Å². The van der Waals surface area contributed by atoms with Crippen molar-refractivity contribution in [2.75, 3.05) is 29.1 Å². The first kappa shape index (κ1) is 13.0. The Bertz CT molecular complexity index is 513. The molecule has 0 atom stereocenters. The second kappa shape index (κ2) is 6.50. The van der Waals surface area contributed by atoms with Gasteiger partial charge in [-0.2, -0.15) is 11.8 Å². The van der Waals surface area contributed by atoms with Crippen LogP contribution in [-0.2, 0) is 0 Å². The van der Waals surface area contributed by atoms with Crippen molar-refractivity contribution in [2.24, 2.45) is 0 Å². The van der Waals surface area contributed by atoms with Crippen LogP contribution in [0.1, 0.15) is 13.3 Å². The second-order valence-electron chi connectivity index (χ2n) is 4.10. The Balaban J connectivity index is 2.03. The number of nitrogen functional groups attached to an aromatic ring is 1. The van der Waals surface area contributed by atoms with Gasteiger partial charge in [0.2, 0.25) is 0 Å². The van der Waals surface area contributed by atoms with Crippen molar-refractivity contribution in [3.8, 4) is 0 Å². The van der Waals surface area contributed by atoms with E-state index in [2.05, 4.69) is 23.3 Å². The van der Waals surface area contributed by atoms with Crippen LogP contribution in [0.3, 0.4) is 0 Å². The molecule has 1 heterocycles. The molecule has 1 aromatic carbocycles. The van der Waals surface area contributed by atoms with E-state index in [9.17, 15) is 0 Å². The molecule has 0 aliphatic carbocycles. The van der Waals surface area contributed by atoms with E-state index in [1.807, 2.05) is 30.1 Å². The molecule has 0 saturated carbocycles. The summed E-state index contributed by atoms with van der Waals surface area (Å²) in [6.07, 6.45) is 4.78. The zero-order valence-corrected chi connectivity index (χ0v) is 11.5. The van der Waals surface area contributed by atoms with Gasteiger partial charge in [-0.05, 0) is 30.1 Å². The summed E-state index contributed by atoms with van der Waals surface area (Å²) in [5.74, 6) is 2.38. The Morgan fingerprint density at radius 3 is 3.06 bits per heavy atom. The SMILES string of the molecule is CCSCCCNc1ccc2cnccc2c1N. The van der Waals surface area contributed by atoms with Crippen molar-refractivity contribution < 1.29 is 0 Å². The zero-order valence-electron chi connectivity index (χ0n) is 10.6. The van der Waals surface area contributed by atoms with Crippen molar-refractivity contribution >= 4 is 33.9 Å². The van der Waals surface area contributed by atoms with E-state index in [-0.39, 0.29) is 0 Å². The number of rotatable bonds is 6. The van der Waals surface area contributed by atoms with E-state index in [0.29, 0.717) is 0 Å². The molecule has 1 aromatic heterocycles. The summed E-state index contributed by atoms with van der Waals surface area (Å²) in [6, 6.07) is 6.05. The Kier molecular flexibility index (Phi) is 4.70. The molecule has 0 radical (unpaired) electrons. The van der Waals surface area contributed by atoms with Crippen LogP contribution in [0.25, 0.3) is 10.8 Å². The van der Waals surface area contributed by atoms with Gasteiger partial charge in [0.05, 0.1) is 11.4 Å². The van der Waals surface area contributed by atoms with Crippen molar-refractivity contribution in [1.82, 2.24) is 4.98 Å². The zero-order chi connectivity index (χ0) is 12.8. The topological polar surface area (TPSA) is 50.9 Å². The van der Waals surface area contributed by atoms with Gasteiger partial charge in [-0.15, -0.1) is 0 Å². The number of nitrogens with one attached hydrogen (secondary N) is 1. The number of hydrogen-bond acceptors (Lipinski definition) is 4. The largest absolute Gasteiger partial charge is 0.397 e. The van der Waals surface area contributed by atoms with Gasteiger partial charge >= 0.3 is 0 Å². The minimum atomic E-state index is 0.818. The maximum Gasteiger partial charge on any atom is 0.0630 e. The molecule has 18 heavy (non-hydrogen) atoms. The Hall–Kier alpha value is -1.42. The molecule has 0 aliphatic rings. The van der Waals surface area contributed by atoms with E-state index >= 15 is 0 Å². The third-order valence-electron chi connectivity index (χ3n) is 2.85. The molecule has 2 aromatic rings. The molecule has 0 unspecified atom stereocenters. The third kappa shape index (κ3) is 3.07. The number of aromatic nitrogens is 1. The van der Waals surface area contributed by atoms with Crippen molar-refractivity contribution in [3.63, 3.8) is 0 Å². The minimum Gasteiger partial charge on any atom is -0.397 e. The quantitative estimate of drug-likeness (QED) is 0.618. The fourth-order valence-corrected chi connectivity index (χ4v) is 2.53. The van der Waals surface area contributed by atoms with Gasteiger partial charge in [-0.25, -0.2) is 0 Å². The Morgan fingerprint density at radius 2 is 2.22 bits per heavy atom. The normalized spacial score (nSPS) is 10.7. The minimum absolute atomic E-state index is 0.818. The van der Waals surface area contributed by atoms with E-state index in [1.54, 1.807) is 6.20 Å². The summed E-state index contributed by atoms with van der Waals surface area (Å²) in [7, 11) is 0. The van der Waals surface area contributed by atoms with Crippen LogP contribution in [0.4, 0.5) is 11.4 Å². The summed E-state index contributed by atoms with van der Waals surface area (Å²) in [6.45, 7) is 3.15. The van der Waals surface area contributed by atoms with Gasteiger partial charge in [0.15, 0.2) is 0 Å². The van der Waals surface area contributed by atoms with Crippen molar-refractivity contribution in [2.45, 2.75) is 13.3 Å². The van der Waals surface area contributed by atoms with Gasteiger partial charge in [-0.3, -0.25) is 4.98 Å². The molecule has 0 bridgehead atoms. The maximum absolute atomic E-state index is 6.16. The molecule has 3 nitrogen and oxygen atoms in total. The summed E-state index contributed by atoms with van der Waals surface area (Å²) < 4.78 is 0. The molecule has 0 saturated heterocycles. The number of fused-ring (bicyclic) bond motifs is 1. The van der Waals surface area contributed by atoms with Gasteiger partial charge in [0.1, 0.15) is 0 Å². The molecular formula is C14H19N3S. The maximum atomic E-state index is 6.16. The van der Waals surface area contributed by atoms with E-state index < -0.39 is 0 Å². The first-order chi connectivity index (χ1) is 8.83. The number of hydrogen-bond donors (Lipinski definition) is 2. The number of benzene rings is 1. The van der Waals surface area contributed by atoms with Crippen LogP contribution in [0.2, 0.25) is 0 Å². The molecule has 4 heteroatoms. The Labute approximate surface area is 112 Å². The lowest BCUT2D eigenvalue weighted by molar-refractivity contribution is 0.993. The van der Waals surface area contributed by atoms with Gasteiger partial charge in [-0.1, -0.05) is 13.0 Å². The van der Waals surface area contributed by atoms with Crippen LogP contribution < -0.4 is 11.1 Å². The lowest BCUT2D eigenvalue weighted by Gasteiger charge is -2.11. The lowest BCUT2D eigenvalue weighted by Crippen LogP contribution is -2.05. The fourth-order valence-electron chi connectivity index (χ4n) is 1.89. The summed E-state index contributed by atoms with van der Waals surface area (Å²) in [5, 5.41) is 5.56. The predicted octanol–water partition coefficient (Wildman–Crippen LogP) is 3.37. The molecule has 0 aliphatic heterocycles. The van der Waals surface area contributed by atoms with E-state index in [4.69, 9.17) is 5.73 Å². The second-order valence-corrected chi connectivity index (χ2v) is 5.49. The summed E-state index contributed by atoms with van der Waals surface area (Å²) in [5.41, 5.74) is 8.01. The smallest absolute Gasteiger partial charge is 0.0630 e. The van der Waals surface area contributed by atoms with Gasteiger partial charge in [0.25, 0.3) is 0 Å². The average Bonchev–Trinajstić information content (AvgIpc) is 2.41. The van der Waals surface area contributed by atoms with Crippen LogP contribution in [-0.4, -0.2) is 23.0 Å². The number of nitrogens with zero attached hydrogens (tertiary/aromatic N) is 1. The fraction of sp³-hybridized carbons (Fsp3) is 0.357. The van der Waals surface area contributed by atoms with Crippen LogP contribution in [0.5, 0.6) is 0 Å². The van der Waals surface area contributed by atoms with Crippen molar-refractivity contribution in [1.29, 1.82) is 0 Å². The monoisotopic (exact) mass is 261 g/mol. The molecule has 2 rings (SSSR count). The average molecular weight is 261 g/mol. The first-order valence-corrected chi connectivity index (χ1v) is 7.42. The number of nitrogens with two attached hydrogens (primary N) is 1. The van der Waals surface area contributed by atoms with Crippen LogP contribution in [0, 0.1) is 0 Å². The van der Waals surface area contributed by atoms with Crippen LogP contribution >= 0.6 is 11.8 Å². The molecule has 3 N–H and O–H groups in total. The highest BCUT2D eigenvalue weighted by atomic mass is 32.2. The van der Waals surface area contributed by atoms with Gasteiger partial charge < -0.3 is 11.1 Å². The highest BCUT2D eigenvalue weighted by Gasteiger charge is 2.03. The number of thioether (sulfide) groups is 1. The number of pyridine rings is 1. The predicted molar refractivity (Wildman–Crippen MR) is 82.3 cm³/mol. The Morgan fingerprint density at radius 1 is 1.33 bits per heavy atom. The van der Waals surface area contributed by atoms with E-state index in [0.717, 1.165) is 35.1 Å². The molecule has 0 fully saturated rings. The number of anilines is 2. The molecular weight excluding hydrogens is 242 g/mol. The van der Waals surface area contributed by atoms with Gasteiger partial charge in [0, 0.05) is 29.7 Å². The first-order valence-electron chi connectivity index (χ1n) is 6.26. The lowest BCUT2D eigenvalue weighted by atomic mass is 10.1. The highest BCUT2D eigenvalue weighted by Crippen LogP contribution is 2.27. The summed E-state index contributed by atoms with van der Waals surface area (Å²) >= 11 is 1.97. The molecule has 0 spiro atoms.